The van der Waals surface area contributed by atoms with Crippen LogP contribution in [0.5, 0.6) is 0 Å². The molecule has 0 radical (unpaired) electrons. The second kappa shape index (κ2) is 18.1. The molecule has 2 aliphatic rings. The van der Waals surface area contributed by atoms with Gasteiger partial charge in [-0.25, -0.2) is 4.79 Å². The van der Waals surface area contributed by atoms with Crippen molar-refractivity contribution in [1.82, 2.24) is 5.32 Å². The number of rotatable bonds is 12. The standard InChI is InChI=1S/C28H39NO19/c1-11(30)38-9-18-20(40-13(3)32)22(42-15(5)34)25(26(45-18)44-17(7)36)47-27-24(43-16(6)35)23(48-28(37)29-8)21(41-14(4)33)19(46-27)10-39-12(2)31/h18-27H,9-10H2,1-8H3,(H,29,37)/t18-,19-,20+,21-,22-,23+,24+,25-,26+,27+/m1/s1. The third-order valence-corrected chi connectivity index (χ3v) is 6.31. The van der Waals surface area contributed by atoms with Crippen LogP contribution in [0.25, 0.3) is 0 Å². The molecule has 2 fully saturated rings. The van der Waals surface area contributed by atoms with Crippen molar-refractivity contribution in [2.24, 2.45) is 0 Å². The first-order chi connectivity index (χ1) is 22.4. The zero-order valence-corrected chi connectivity index (χ0v) is 27.4. The van der Waals surface area contributed by atoms with Crippen LogP contribution in [0.2, 0.25) is 0 Å². The zero-order chi connectivity index (χ0) is 36.3. The maximum atomic E-state index is 12.4. The van der Waals surface area contributed by atoms with Crippen LogP contribution in [0.15, 0.2) is 0 Å². The summed E-state index contributed by atoms with van der Waals surface area (Å²) in [6.45, 7) is 6.03. The Bertz CT molecular complexity index is 1220. The number of carbonyl (C=O) groups is 8. The highest BCUT2D eigenvalue weighted by atomic mass is 16.8. The third-order valence-electron chi connectivity index (χ3n) is 6.31. The third kappa shape index (κ3) is 11.9. The Morgan fingerprint density at radius 1 is 0.458 bits per heavy atom. The molecule has 0 saturated carbocycles. The molecule has 270 valence electrons. The van der Waals surface area contributed by atoms with Gasteiger partial charge in [0.05, 0.1) is 0 Å². The molecule has 0 aromatic heterocycles. The fourth-order valence-corrected chi connectivity index (χ4v) is 4.72. The molecular weight excluding hydrogens is 654 g/mol. The Labute approximate surface area is 274 Å². The van der Waals surface area contributed by atoms with E-state index >= 15 is 0 Å². The van der Waals surface area contributed by atoms with Gasteiger partial charge < -0.3 is 57.4 Å². The molecule has 2 saturated heterocycles. The molecule has 0 unspecified atom stereocenters. The van der Waals surface area contributed by atoms with Gasteiger partial charge in [0, 0.05) is 55.5 Å². The summed E-state index contributed by atoms with van der Waals surface area (Å²) >= 11 is 0. The van der Waals surface area contributed by atoms with Crippen molar-refractivity contribution in [2.75, 3.05) is 20.3 Å². The average Bonchev–Trinajstić information content (AvgIpc) is 2.95. The summed E-state index contributed by atoms with van der Waals surface area (Å²) in [5.74, 6) is -6.16. The largest absolute Gasteiger partial charge is 0.463 e. The molecule has 2 heterocycles. The quantitative estimate of drug-likeness (QED) is 0.189. The normalized spacial score (nSPS) is 29.6. The maximum absolute atomic E-state index is 12.4. The topological polar surface area (TPSA) is 250 Å². The van der Waals surface area contributed by atoms with E-state index in [2.05, 4.69) is 5.32 Å². The van der Waals surface area contributed by atoms with Gasteiger partial charge in [-0.3, -0.25) is 33.6 Å². The van der Waals surface area contributed by atoms with Crippen LogP contribution in [0.1, 0.15) is 48.5 Å². The number of esters is 7. The molecular formula is C28H39NO19. The van der Waals surface area contributed by atoms with Gasteiger partial charge in [-0.1, -0.05) is 0 Å². The van der Waals surface area contributed by atoms with Gasteiger partial charge in [-0.15, -0.1) is 0 Å². The first kappa shape index (κ1) is 39.6. The van der Waals surface area contributed by atoms with Crippen LogP contribution in [-0.4, -0.2) is 130 Å². The van der Waals surface area contributed by atoms with Gasteiger partial charge >= 0.3 is 47.9 Å². The van der Waals surface area contributed by atoms with Crippen molar-refractivity contribution in [3.05, 3.63) is 0 Å². The van der Waals surface area contributed by atoms with Crippen molar-refractivity contribution in [3.8, 4) is 0 Å². The molecule has 20 heteroatoms. The summed E-state index contributed by atoms with van der Waals surface area (Å²) < 4.78 is 60.3. The summed E-state index contributed by atoms with van der Waals surface area (Å²) in [6, 6.07) is 0. The highest BCUT2D eigenvalue weighted by Crippen LogP contribution is 2.35. The van der Waals surface area contributed by atoms with Crippen molar-refractivity contribution in [2.45, 2.75) is 110 Å². The fraction of sp³-hybridized carbons (Fsp3) is 0.714. The van der Waals surface area contributed by atoms with Gasteiger partial charge in [0.2, 0.25) is 6.29 Å². The molecule has 1 amide bonds. The lowest BCUT2D eigenvalue weighted by Crippen LogP contribution is -2.67. The summed E-state index contributed by atoms with van der Waals surface area (Å²) in [4.78, 5) is 96.8. The highest BCUT2D eigenvalue weighted by molar-refractivity contribution is 5.70. The van der Waals surface area contributed by atoms with E-state index in [-0.39, 0.29) is 0 Å². The van der Waals surface area contributed by atoms with Crippen molar-refractivity contribution >= 4 is 47.9 Å². The Kier molecular flexibility index (Phi) is 14.9. The Morgan fingerprint density at radius 3 is 1.23 bits per heavy atom. The van der Waals surface area contributed by atoms with Crippen LogP contribution >= 0.6 is 0 Å². The lowest BCUT2D eigenvalue weighted by Gasteiger charge is -2.48. The maximum Gasteiger partial charge on any atom is 0.407 e. The van der Waals surface area contributed by atoms with E-state index in [0.717, 1.165) is 48.5 Å². The fourth-order valence-electron chi connectivity index (χ4n) is 4.72. The van der Waals surface area contributed by atoms with E-state index in [0.29, 0.717) is 0 Å². The second-order valence-corrected chi connectivity index (χ2v) is 10.3. The molecule has 10 atom stereocenters. The lowest BCUT2D eigenvalue weighted by molar-refractivity contribution is -0.363. The number of ether oxygens (including phenoxy) is 11. The molecule has 0 aliphatic carbocycles. The van der Waals surface area contributed by atoms with Gasteiger partial charge in [-0.2, -0.15) is 0 Å². The predicted octanol–water partition coefficient (Wildman–Crippen LogP) is -1.04. The summed E-state index contributed by atoms with van der Waals surface area (Å²) in [5.41, 5.74) is 0. The van der Waals surface area contributed by atoms with Crippen LogP contribution in [0.3, 0.4) is 0 Å². The number of alkyl carbamates (subject to hydrolysis) is 1. The van der Waals surface area contributed by atoms with E-state index in [9.17, 15) is 38.4 Å². The monoisotopic (exact) mass is 693 g/mol. The van der Waals surface area contributed by atoms with Crippen LogP contribution in [0.4, 0.5) is 4.79 Å². The molecule has 48 heavy (non-hydrogen) atoms. The minimum Gasteiger partial charge on any atom is -0.463 e. The van der Waals surface area contributed by atoms with Crippen LogP contribution in [0, 0.1) is 0 Å². The zero-order valence-electron chi connectivity index (χ0n) is 27.4. The van der Waals surface area contributed by atoms with E-state index in [1.54, 1.807) is 0 Å². The summed E-state index contributed by atoms with van der Waals surface area (Å²) in [6.07, 6.45) is -17.7. The van der Waals surface area contributed by atoms with Gasteiger partial charge in [0.25, 0.3) is 0 Å². The highest BCUT2D eigenvalue weighted by Gasteiger charge is 2.58. The van der Waals surface area contributed by atoms with E-state index < -0.39 is 123 Å². The van der Waals surface area contributed by atoms with Gasteiger partial charge in [0.15, 0.2) is 42.9 Å². The van der Waals surface area contributed by atoms with Crippen LogP contribution < -0.4 is 5.32 Å². The molecule has 1 N–H and O–H groups in total. The van der Waals surface area contributed by atoms with Crippen molar-refractivity contribution in [3.63, 3.8) is 0 Å². The van der Waals surface area contributed by atoms with E-state index in [4.69, 9.17) is 52.1 Å². The van der Waals surface area contributed by atoms with Gasteiger partial charge in [0.1, 0.15) is 25.4 Å². The molecule has 0 aromatic rings. The Balaban J connectivity index is 2.74. The number of carbonyl (C=O) groups excluding carboxylic acids is 8. The molecule has 20 nitrogen and oxygen atoms in total. The van der Waals surface area contributed by atoms with E-state index in [1.807, 2.05) is 0 Å². The first-order valence-electron chi connectivity index (χ1n) is 14.4. The molecule has 0 spiro atoms. The Morgan fingerprint density at radius 2 is 0.833 bits per heavy atom. The van der Waals surface area contributed by atoms with Gasteiger partial charge in [-0.05, 0) is 0 Å². The van der Waals surface area contributed by atoms with Crippen molar-refractivity contribution < 1.29 is 90.5 Å². The number of nitrogens with one attached hydrogen (secondary N) is 1. The number of hydrogen-bond acceptors (Lipinski definition) is 19. The number of amides is 1. The van der Waals surface area contributed by atoms with Crippen LogP contribution in [-0.2, 0) is 85.7 Å². The number of hydrogen-bond donors (Lipinski definition) is 1. The smallest absolute Gasteiger partial charge is 0.407 e. The SMILES string of the molecule is CNC(=O)O[C@@H]1[C@H](OC(C)=O)[C@H](O[C@H]2[C@@H](OC(C)=O)O[C@H](COC(C)=O)[C@H](OC(C)=O)[C@H]2OC(C)=O)O[C@H](COC(C)=O)[C@H]1OC(C)=O. The molecule has 2 rings (SSSR count). The predicted molar refractivity (Wildman–Crippen MR) is 149 cm³/mol. The van der Waals surface area contributed by atoms with Crippen molar-refractivity contribution in [1.29, 1.82) is 0 Å². The summed E-state index contributed by atoms with van der Waals surface area (Å²) in [5, 5.41) is 2.20. The summed E-state index contributed by atoms with van der Waals surface area (Å²) in [7, 11) is 1.21. The second-order valence-electron chi connectivity index (χ2n) is 10.3. The lowest BCUT2D eigenvalue weighted by atomic mass is 9.96. The first-order valence-corrected chi connectivity index (χ1v) is 14.4. The minimum atomic E-state index is -1.89. The van der Waals surface area contributed by atoms with E-state index in [1.165, 1.54) is 7.05 Å². The average molecular weight is 694 g/mol. The molecule has 0 aromatic carbocycles. The minimum absolute atomic E-state index is 0.567. The Hall–Kier alpha value is -4.56. The molecule has 0 bridgehead atoms. The molecule has 2 aliphatic heterocycles.